The maximum Gasteiger partial charge on any atom is 0.162 e. The molecule has 0 radical (unpaired) electrons. The van der Waals surface area contributed by atoms with Crippen LogP contribution in [0.5, 0.6) is 0 Å². The Bertz CT molecular complexity index is 240. The summed E-state index contributed by atoms with van der Waals surface area (Å²) in [6.07, 6.45) is 0.486. The summed E-state index contributed by atoms with van der Waals surface area (Å²) in [4.78, 5) is 11.6. The summed E-state index contributed by atoms with van der Waals surface area (Å²) in [5, 5.41) is -0.0797. The Balaban J connectivity index is 3.00. The number of hydrogen-bond donors (Lipinski definition) is 0. The molecular formula is C8H10Br3ClO. The van der Waals surface area contributed by atoms with E-state index in [4.69, 9.17) is 11.6 Å². The average Bonchev–Trinajstić information content (AvgIpc) is 1.98. The van der Waals surface area contributed by atoms with E-state index in [1.807, 2.05) is 13.8 Å². The third-order valence-corrected chi connectivity index (χ3v) is 7.80. The van der Waals surface area contributed by atoms with Crippen LogP contribution >= 0.6 is 59.4 Å². The van der Waals surface area contributed by atoms with Crippen molar-refractivity contribution in [3.63, 3.8) is 0 Å². The van der Waals surface area contributed by atoms with Gasteiger partial charge in [-0.05, 0) is 5.41 Å². The van der Waals surface area contributed by atoms with Crippen molar-refractivity contribution in [1.29, 1.82) is 0 Å². The van der Waals surface area contributed by atoms with Gasteiger partial charge in [0.1, 0.15) is 0 Å². The Kier molecular flexibility index (Phi) is 3.61. The first-order chi connectivity index (χ1) is 5.69. The highest BCUT2D eigenvalue weighted by Gasteiger charge is 2.53. The molecule has 1 saturated carbocycles. The molecule has 0 saturated heterocycles. The van der Waals surface area contributed by atoms with Crippen molar-refractivity contribution in [1.82, 2.24) is 0 Å². The van der Waals surface area contributed by atoms with E-state index in [-0.39, 0.29) is 21.4 Å². The molecule has 0 spiro atoms. The van der Waals surface area contributed by atoms with Crippen LogP contribution in [0.4, 0.5) is 0 Å². The monoisotopic (exact) mass is 394 g/mol. The zero-order valence-corrected chi connectivity index (χ0v) is 12.8. The summed E-state index contributed by atoms with van der Waals surface area (Å²) in [6, 6.07) is 0. The summed E-state index contributed by atoms with van der Waals surface area (Å²) >= 11 is 16.4. The van der Waals surface area contributed by atoms with Crippen molar-refractivity contribution in [2.24, 2.45) is 5.41 Å². The molecule has 76 valence electrons. The van der Waals surface area contributed by atoms with E-state index < -0.39 is 3.23 Å². The molecule has 1 nitrogen and oxygen atoms in total. The molecule has 0 aromatic carbocycles. The van der Waals surface area contributed by atoms with Gasteiger partial charge in [-0.3, -0.25) is 4.79 Å². The van der Waals surface area contributed by atoms with Gasteiger partial charge < -0.3 is 0 Å². The van der Waals surface area contributed by atoms with E-state index >= 15 is 0 Å². The van der Waals surface area contributed by atoms with Crippen molar-refractivity contribution in [2.45, 2.75) is 33.7 Å². The second-order valence-electron chi connectivity index (χ2n) is 4.02. The van der Waals surface area contributed by atoms with Gasteiger partial charge in [-0.1, -0.05) is 61.6 Å². The molecule has 2 unspecified atom stereocenters. The second-order valence-corrected chi connectivity index (χ2v) is 9.04. The predicted molar refractivity (Wildman–Crippen MR) is 66.3 cm³/mol. The number of Topliss-reactive ketones (excluding diaryl/α,β-unsaturated/α-hetero) is 1. The Morgan fingerprint density at radius 1 is 1.46 bits per heavy atom. The fourth-order valence-corrected chi connectivity index (χ4v) is 3.71. The van der Waals surface area contributed by atoms with Gasteiger partial charge in [-0.15, -0.1) is 11.6 Å². The van der Waals surface area contributed by atoms with Crippen molar-refractivity contribution in [3.05, 3.63) is 0 Å². The van der Waals surface area contributed by atoms with E-state index in [1.54, 1.807) is 0 Å². The first kappa shape index (κ1) is 12.5. The van der Waals surface area contributed by atoms with Crippen LogP contribution in [0.3, 0.4) is 0 Å². The van der Waals surface area contributed by atoms with E-state index in [2.05, 4.69) is 47.8 Å². The first-order valence-corrected chi connectivity index (χ1v) is 6.82. The molecule has 0 amide bonds. The highest BCUT2D eigenvalue weighted by Crippen LogP contribution is 2.51. The van der Waals surface area contributed by atoms with Gasteiger partial charge in [-0.2, -0.15) is 0 Å². The largest absolute Gasteiger partial charge is 0.297 e. The molecule has 1 fully saturated rings. The number of alkyl halides is 4. The average molecular weight is 397 g/mol. The summed E-state index contributed by atoms with van der Waals surface area (Å²) in [5.74, 6) is 0.135. The zero-order valence-electron chi connectivity index (χ0n) is 7.28. The SMILES string of the molecule is CC1(C)CC(=O)C(Br)(Br)C(Br)C1Cl. The Labute approximate surface area is 108 Å². The van der Waals surface area contributed by atoms with E-state index in [9.17, 15) is 4.79 Å². The summed E-state index contributed by atoms with van der Waals surface area (Å²) in [7, 11) is 0. The lowest BCUT2D eigenvalue weighted by atomic mass is 9.76. The van der Waals surface area contributed by atoms with Crippen molar-refractivity contribution in [2.75, 3.05) is 0 Å². The molecular weight excluding hydrogens is 387 g/mol. The van der Waals surface area contributed by atoms with Crippen LogP contribution in [0, 0.1) is 5.41 Å². The van der Waals surface area contributed by atoms with Crippen molar-refractivity contribution in [3.8, 4) is 0 Å². The lowest BCUT2D eigenvalue weighted by Crippen LogP contribution is -2.52. The molecule has 1 aliphatic rings. The van der Waals surface area contributed by atoms with Crippen LogP contribution in [0.2, 0.25) is 0 Å². The minimum Gasteiger partial charge on any atom is -0.297 e. The molecule has 2 atom stereocenters. The Morgan fingerprint density at radius 3 is 2.38 bits per heavy atom. The van der Waals surface area contributed by atoms with E-state index in [0.29, 0.717) is 6.42 Å². The van der Waals surface area contributed by atoms with Gasteiger partial charge in [0, 0.05) is 6.42 Å². The molecule has 1 rings (SSSR count). The predicted octanol–water partition coefficient (Wildman–Crippen LogP) is 3.84. The van der Waals surface area contributed by atoms with Crippen LogP contribution < -0.4 is 0 Å². The smallest absolute Gasteiger partial charge is 0.162 e. The molecule has 0 N–H and O–H groups in total. The number of hydrogen-bond acceptors (Lipinski definition) is 1. The second kappa shape index (κ2) is 3.76. The maximum absolute atomic E-state index is 11.7. The van der Waals surface area contributed by atoms with Crippen molar-refractivity contribution >= 4 is 65.2 Å². The van der Waals surface area contributed by atoms with Crippen LogP contribution in [0.1, 0.15) is 20.3 Å². The molecule has 0 heterocycles. The first-order valence-electron chi connectivity index (χ1n) is 3.89. The standard InChI is InChI=1S/C8H10Br3ClO/c1-7(2)3-4(13)8(10,11)5(9)6(7)12/h5-6H,3H2,1-2H3. The van der Waals surface area contributed by atoms with Crippen LogP contribution in [-0.2, 0) is 4.79 Å². The fourth-order valence-electron chi connectivity index (χ4n) is 1.36. The van der Waals surface area contributed by atoms with Crippen molar-refractivity contribution < 1.29 is 4.79 Å². The van der Waals surface area contributed by atoms with Crippen LogP contribution in [0.25, 0.3) is 0 Å². The van der Waals surface area contributed by atoms with Gasteiger partial charge in [0.25, 0.3) is 0 Å². The van der Waals surface area contributed by atoms with E-state index in [1.165, 1.54) is 0 Å². The van der Waals surface area contributed by atoms with Gasteiger partial charge >= 0.3 is 0 Å². The third kappa shape index (κ3) is 2.16. The number of carbonyl (C=O) groups excluding carboxylic acids is 1. The minimum atomic E-state index is -0.706. The van der Waals surface area contributed by atoms with Crippen LogP contribution in [-0.4, -0.2) is 19.2 Å². The number of rotatable bonds is 0. The molecule has 0 aliphatic heterocycles. The summed E-state index contributed by atoms with van der Waals surface area (Å²) in [5.41, 5.74) is -0.155. The normalized spacial score (nSPS) is 37.5. The van der Waals surface area contributed by atoms with Gasteiger partial charge in [-0.25, -0.2) is 0 Å². The quantitative estimate of drug-likeness (QED) is 0.568. The number of carbonyl (C=O) groups is 1. The molecule has 0 aromatic heterocycles. The summed E-state index contributed by atoms with van der Waals surface area (Å²) < 4.78 is -0.706. The molecule has 0 aromatic rings. The fraction of sp³-hybridized carbons (Fsp3) is 0.875. The number of halogens is 4. The molecule has 1 aliphatic carbocycles. The zero-order chi connectivity index (χ0) is 10.4. The maximum atomic E-state index is 11.7. The lowest BCUT2D eigenvalue weighted by molar-refractivity contribution is -0.122. The van der Waals surface area contributed by atoms with Crippen LogP contribution in [0.15, 0.2) is 0 Å². The highest BCUT2D eigenvalue weighted by atomic mass is 79.9. The topological polar surface area (TPSA) is 17.1 Å². The van der Waals surface area contributed by atoms with Gasteiger partial charge in [0.05, 0.1) is 10.2 Å². The molecule has 5 heteroatoms. The Hall–Kier alpha value is 1.40. The van der Waals surface area contributed by atoms with E-state index in [0.717, 1.165) is 0 Å². The summed E-state index contributed by atoms with van der Waals surface area (Å²) in [6.45, 7) is 4.01. The lowest BCUT2D eigenvalue weighted by Gasteiger charge is -2.43. The third-order valence-electron chi connectivity index (χ3n) is 2.34. The van der Waals surface area contributed by atoms with Gasteiger partial charge in [0.15, 0.2) is 9.02 Å². The number of ketones is 1. The molecule has 0 bridgehead atoms. The highest BCUT2D eigenvalue weighted by molar-refractivity contribution is 9.26. The van der Waals surface area contributed by atoms with Gasteiger partial charge in [0.2, 0.25) is 0 Å². The minimum absolute atomic E-state index is 0.0797. The Morgan fingerprint density at radius 2 is 1.92 bits per heavy atom. The molecule has 13 heavy (non-hydrogen) atoms.